The number of nitrogens with zero attached hydrogens (tertiary/aromatic N) is 1. The van der Waals surface area contributed by atoms with Crippen molar-refractivity contribution in [1.82, 2.24) is 0 Å². The first-order valence-electron chi connectivity index (χ1n) is 23.7. The molecule has 0 heterocycles. The van der Waals surface area contributed by atoms with Crippen LogP contribution >= 0.6 is 0 Å². The van der Waals surface area contributed by atoms with Gasteiger partial charge < -0.3 is 28.6 Å². The van der Waals surface area contributed by atoms with E-state index >= 15 is 0 Å². The van der Waals surface area contributed by atoms with Crippen molar-refractivity contribution in [3.8, 4) is 0 Å². The van der Waals surface area contributed by atoms with Crippen molar-refractivity contribution in [2.45, 2.75) is 212 Å². The molecule has 0 aliphatic rings. The normalized spacial score (nSPS) is 13.3. The van der Waals surface area contributed by atoms with E-state index in [0.717, 1.165) is 64.2 Å². The molecule has 0 aromatic carbocycles. The van der Waals surface area contributed by atoms with E-state index in [4.69, 9.17) is 14.2 Å². The van der Waals surface area contributed by atoms with E-state index < -0.39 is 18.1 Å². The Kier molecular flexibility index (Phi) is 39.1. The predicted molar refractivity (Wildman–Crippen MR) is 240 cm³/mol. The van der Waals surface area contributed by atoms with Crippen molar-refractivity contribution < 1.29 is 38.2 Å². The van der Waals surface area contributed by atoms with E-state index in [2.05, 4.69) is 62.5 Å². The lowest BCUT2D eigenvalue weighted by Crippen LogP contribution is -2.55. The number of aliphatic carboxylic acids is 1. The van der Waals surface area contributed by atoms with Gasteiger partial charge in [-0.2, -0.15) is 0 Å². The zero-order valence-electron chi connectivity index (χ0n) is 38.2. The van der Waals surface area contributed by atoms with Crippen molar-refractivity contribution in [2.75, 3.05) is 41.0 Å². The Hall–Kier alpha value is -2.71. The number of carboxylic acids is 1. The van der Waals surface area contributed by atoms with Gasteiger partial charge >= 0.3 is 11.9 Å². The first kappa shape index (κ1) is 55.3. The largest absolute Gasteiger partial charge is 0.544 e. The molecule has 0 spiro atoms. The van der Waals surface area contributed by atoms with Gasteiger partial charge in [-0.1, -0.05) is 159 Å². The monoisotopic (exact) mass is 816 g/mol. The molecule has 0 saturated heterocycles. The molecule has 0 saturated carbocycles. The highest BCUT2D eigenvalue weighted by Crippen LogP contribution is 2.14. The van der Waals surface area contributed by atoms with Gasteiger partial charge in [0.2, 0.25) is 0 Å². The molecule has 58 heavy (non-hydrogen) atoms. The molecule has 8 nitrogen and oxygen atoms in total. The Morgan fingerprint density at radius 1 is 0.534 bits per heavy atom. The number of rotatable bonds is 42. The second kappa shape index (κ2) is 41.0. The number of carbonyl (C=O) groups excluding carboxylic acids is 3. The number of unbranched alkanes of at least 4 members (excludes halogenated alkanes) is 20. The zero-order valence-corrected chi connectivity index (χ0v) is 38.2. The number of ether oxygens (including phenoxy) is 3. The van der Waals surface area contributed by atoms with Gasteiger partial charge in [0.25, 0.3) is 0 Å². The quantitative estimate of drug-likeness (QED) is 0.0262. The maximum absolute atomic E-state index is 12.8. The Morgan fingerprint density at radius 3 is 1.45 bits per heavy atom. The molecule has 336 valence electrons. The molecule has 0 rings (SSSR count). The first-order chi connectivity index (χ1) is 28.1. The lowest BCUT2D eigenvalue weighted by molar-refractivity contribution is -0.889. The molecule has 0 radical (unpaired) electrons. The van der Waals surface area contributed by atoms with Crippen LogP contribution in [0.2, 0.25) is 0 Å². The Bertz CT molecular complexity index is 1090. The Labute approximate surface area is 356 Å². The third-order valence-corrected chi connectivity index (χ3v) is 10.4. The van der Waals surface area contributed by atoms with Crippen molar-refractivity contribution in [3.63, 3.8) is 0 Å². The van der Waals surface area contributed by atoms with Crippen LogP contribution in [0, 0.1) is 0 Å². The van der Waals surface area contributed by atoms with Crippen LogP contribution in [-0.4, -0.2) is 75.5 Å². The Balaban J connectivity index is 4.30. The fraction of sp³-hybridized carbons (Fsp3) is 0.780. The summed E-state index contributed by atoms with van der Waals surface area (Å²) in [4.78, 5) is 36.9. The van der Waals surface area contributed by atoms with E-state index in [9.17, 15) is 19.5 Å². The number of quaternary nitrogens is 1. The summed E-state index contributed by atoms with van der Waals surface area (Å²) in [6.07, 6.45) is 48.4. The second-order valence-corrected chi connectivity index (χ2v) is 17.0. The van der Waals surface area contributed by atoms with Crippen molar-refractivity contribution in [3.05, 3.63) is 48.6 Å². The van der Waals surface area contributed by atoms with Gasteiger partial charge in [0.15, 0.2) is 6.10 Å². The van der Waals surface area contributed by atoms with Gasteiger partial charge in [-0.15, -0.1) is 0 Å². The maximum atomic E-state index is 12.8. The van der Waals surface area contributed by atoms with Crippen molar-refractivity contribution in [2.24, 2.45) is 0 Å². The molecule has 0 aromatic rings. The first-order valence-corrected chi connectivity index (χ1v) is 23.7. The number of carbonyl (C=O) groups is 3. The summed E-state index contributed by atoms with van der Waals surface area (Å²) in [6.45, 7) is 4.54. The maximum Gasteiger partial charge on any atom is 0.306 e. The highest BCUT2D eigenvalue weighted by Gasteiger charge is 2.25. The van der Waals surface area contributed by atoms with Gasteiger partial charge in [-0.25, -0.2) is 0 Å². The molecule has 2 unspecified atom stereocenters. The van der Waals surface area contributed by atoms with Gasteiger partial charge in [0.1, 0.15) is 12.6 Å². The molecule has 0 fully saturated rings. The molecule has 0 amide bonds. The summed E-state index contributed by atoms with van der Waals surface area (Å²) in [5.41, 5.74) is 0. The average Bonchev–Trinajstić information content (AvgIpc) is 3.18. The minimum absolute atomic E-state index is 0.0372. The number of allylic oxidation sites excluding steroid dienone is 8. The van der Waals surface area contributed by atoms with Crippen LogP contribution in [0.3, 0.4) is 0 Å². The Morgan fingerprint density at radius 2 is 0.966 bits per heavy atom. The fourth-order valence-electron chi connectivity index (χ4n) is 6.79. The van der Waals surface area contributed by atoms with Crippen molar-refractivity contribution in [1.29, 1.82) is 0 Å². The molecule has 2 atom stereocenters. The molecule has 0 N–H and O–H groups in total. The van der Waals surface area contributed by atoms with E-state index in [1.807, 2.05) is 0 Å². The summed E-state index contributed by atoms with van der Waals surface area (Å²) in [5.74, 6) is -1.74. The number of esters is 2. The van der Waals surface area contributed by atoms with E-state index in [1.165, 1.54) is 103 Å². The summed E-state index contributed by atoms with van der Waals surface area (Å²) >= 11 is 0. The lowest BCUT2D eigenvalue weighted by atomic mass is 10.1. The highest BCUT2D eigenvalue weighted by molar-refractivity contribution is 5.70. The SMILES string of the molecule is CC/C=C/C/C=C/C/C=C/CCCCCCCCCCCC(=O)OC(COCCC(C(=O)[O-])[N+](C)(C)C)COC(=O)CCCCCCCCC/C=C/CCCCCC. The zero-order chi connectivity index (χ0) is 42.8. The minimum atomic E-state index is -1.13. The summed E-state index contributed by atoms with van der Waals surface area (Å²) in [5, 5.41) is 11.6. The van der Waals surface area contributed by atoms with Crippen molar-refractivity contribution >= 4 is 17.9 Å². The smallest absolute Gasteiger partial charge is 0.306 e. The summed E-state index contributed by atoms with van der Waals surface area (Å²) in [7, 11) is 5.41. The van der Waals surface area contributed by atoms with E-state index in [0.29, 0.717) is 12.8 Å². The predicted octanol–water partition coefficient (Wildman–Crippen LogP) is 11.9. The van der Waals surface area contributed by atoms with Gasteiger partial charge in [0.05, 0.1) is 40.3 Å². The summed E-state index contributed by atoms with van der Waals surface area (Å²) in [6, 6.07) is -0.728. The average molecular weight is 816 g/mol. The standard InChI is InChI=1S/C50H89NO7/c1-6-8-10-12-14-16-18-20-22-23-24-25-27-29-31-33-35-37-39-41-49(53)58-46(44-56-43-42-47(50(54)55)51(3,4)5)45-57-48(52)40-38-36-34-32-30-28-26-21-19-17-15-13-11-9-7-2/h8,10,14,16-17,19-20,22,46-47H,6-7,9,11-13,15,18,21,23-45H2,1-5H3/b10-8+,16-14+,19-17+,22-20+. The number of hydrogen-bond donors (Lipinski definition) is 0. The lowest BCUT2D eigenvalue weighted by Gasteiger charge is -2.34. The third kappa shape index (κ3) is 38.8. The van der Waals surface area contributed by atoms with Crippen LogP contribution in [0.5, 0.6) is 0 Å². The van der Waals surface area contributed by atoms with Crippen LogP contribution in [0.25, 0.3) is 0 Å². The number of hydrogen-bond acceptors (Lipinski definition) is 7. The van der Waals surface area contributed by atoms with E-state index in [1.54, 1.807) is 21.1 Å². The molecular weight excluding hydrogens is 727 g/mol. The molecular formula is C50H89NO7. The molecule has 0 aliphatic heterocycles. The second-order valence-electron chi connectivity index (χ2n) is 17.0. The minimum Gasteiger partial charge on any atom is -0.544 e. The molecule has 0 aliphatic carbocycles. The highest BCUT2D eigenvalue weighted by atomic mass is 16.6. The third-order valence-electron chi connectivity index (χ3n) is 10.4. The van der Waals surface area contributed by atoms with Gasteiger partial charge in [-0.05, 0) is 70.6 Å². The molecule has 0 bridgehead atoms. The van der Waals surface area contributed by atoms with Crippen LogP contribution in [-0.2, 0) is 28.6 Å². The molecule has 0 aromatic heterocycles. The molecule has 8 heteroatoms. The number of likely N-dealkylation sites (N-methyl/N-ethyl adjacent to an activating group) is 1. The topological polar surface area (TPSA) is 102 Å². The van der Waals surface area contributed by atoms with Crippen LogP contribution in [0.1, 0.15) is 200 Å². The van der Waals surface area contributed by atoms with Crippen LogP contribution < -0.4 is 5.11 Å². The van der Waals surface area contributed by atoms with Gasteiger partial charge in [-0.3, -0.25) is 9.59 Å². The van der Waals surface area contributed by atoms with Crippen LogP contribution in [0.4, 0.5) is 0 Å². The van der Waals surface area contributed by atoms with Crippen LogP contribution in [0.15, 0.2) is 48.6 Å². The summed E-state index contributed by atoms with van der Waals surface area (Å²) < 4.78 is 17.2. The van der Waals surface area contributed by atoms with Gasteiger partial charge in [0, 0.05) is 19.3 Å². The van der Waals surface area contributed by atoms with E-state index in [-0.39, 0.29) is 42.7 Å². The number of carboxylic acid groups (broad SMARTS) is 1. The fourth-order valence-corrected chi connectivity index (χ4v) is 6.79.